The molecule has 4 aliphatic heterocycles. The molecule has 12 rings (SSSR count). The number of allylic oxidation sites excluding steroid dienone is 6. The Balaban J connectivity index is 0.953. The van der Waals surface area contributed by atoms with E-state index in [0.717, 1.165) is 46.5 Å². The minimum atomic E-state index is 0.0924. The molecule has 19 unspecified atom stereocenters. The van der Waals surface area contributed by atoms with Gasteiger partial charge in [0.1, 0.15) is 0 Å². The first-order valence-electron chi connectivity index (χ1n) is 26.4. The molecule has 8 aliphatic carbocycles. The molecule has 0 aromatic heterocycles. The van der Waals surface area contributed by atoms with E-state index in [1.54, 1.807) is 11.3 Å². The third-order valence-electron chi connectivity index (χ3n) is 20.2. The van der Waals surface area contributed by atoms with Gasteiger partial charge in [0.05, 0.1) is 24.3 Å². The van der Waals surface area contributed by atoms with E-state index in [9.17, 15) is 5.26 Å². The van der Waals surface area contributed by atoms with E-state index in [4.69, 9.17) is 0 Å². The topological polar surface area (TPSA) is 45.5 Å². The van der Waals surface area contributed by atoms with Crippen LogP contribution in [0, 0.1) is 70.5 Å². The molecule has 5 nitrogen and oxygen atoms in total. The first-order chi connectivity index (χ1) is 29.9. The Morgan fingerprint density at radius 3 is 2.39 bits per heavy atom. The average molecular weight is 842 g/mol. The predicted molar refractivity (Wildman–Crippen MR) is 251 cm³/mol. The molecule has 4 heterocycles. The van der Waals surface area contributed by atoms with E-state index in [1.807, 2.05) is 5.57 Å². The molecule has 19 atom stereocenters. The summed E-state index contributed by atoms with van der Waals surface area (Å²) in [6.45, 7) is 10.1. The first kappa shape index (κ1) is 40.7. The standard InChI is InChI=1S/C55H79N5S/c1-32-25-34(3)52-42(27-32)43-28-33(2)26-35(4)53(43)60(52)48-30-47(59-45-21-11-8-17-38(45)39-18-9-12-22-46(39)59)36(31-56)29-44(48)55-57-54(58(55)37-15-6-5-7-16-37)41-20-14-24-50-51(41)40-19-10-13-23-49(40)61-50/h10,13-14,20,25,27,33,35-38,40-45,47-55,57H,5-9,11-12,15-19,21-24,26,28-30H2,1-4H3. The van der Waals surface area contributed by atoms with Crippen LogP contribution in [-0.4, -0.2) is 73.8 Å². The van der Waals surface area contributed by atoms with Crippen LogP contribution in [-0.2, 0) is 0 Å². The molecular formula is C55H79N5S. The molecule has 0 aromatic rings. The second-order valence-electron chi connectivity index (χ2n) is 23.5. The molecule has 7 fully saturated rings. The van der Waals surface area contributed by atoms with Crippen molar-refractivity contribution >= 4 is 11.8 Å². The first-order valence-corrected chi connectivity index (χ1v) is 27.4. The minimum absolute atomic E-state index is 0.0924. The van der Waals surface area contributed by atoms with Crippen LogP contribution in [0.25, 0.3) is 0 Å². The van der Waals surface area contributed by atoms with E-state index in [-0.39, 0.29) is 5.92 Å². The lowest BCUT2D eigenvalue weighted by Gasteiger charge is -2.64. The number of hydrogen-bond donors (Lipinski definition) is 1. The van der Waals surface area contributed by atoms with E-state index in [2.05, 4.69) is 102 Å². The number of fused-ring (bicyclic) bond motifs is 8. The summed E-state index contributed by atoms with van der Waals surface area (Å²) < 4.78 is 0. The molecular weight excluding hydrogens is 763 g/mol. The highest BCUT2D eigenvalue weighted by atomic mass is 32.2. The molecule has 0 spiro atoms. The van der Waals surface area contributed by atoms with Crippen molar-refractivity contribution in [1.29, 1.82) is 5.26 Å². The van der Waals surface area contributed by atoms with Gasteiger partial charge in [-0.05, 0) is 145 Å². The van der Waals surface area contributed by atoms with Crippen molar-refractivity contribution in [2.75, 3.05) is 0 Å². The summed E-state index contributed by atoms with van der Waals surface area (Å²) in [5.74, 6) is 6.36. The Labute approximate surface area is 374 Å². The van der Waals surface area contributed by atoms with Gasteiger partial charge in [0.2, 0.25) is 0 Å². The van der Waals surface area contributed by atoms with E-state index >= 15 is 0 Å². The highest BCUT2D eigenvalue weighted by Crippen LogP contribution is 2.60. The Kier molecular flexibility index (Phi) is 10.9. The molecule has 12 aliphatic rings. The number of hydrogen-bond acceptors (Lipinski definition) is 6. The van der Waals surface area contributed by atoms with Gasteiger partial charge < -0.3 is 4.90 Å². The molecule has 0 radical (unpaired) electrons. The molecule has 4 saturated carbocycles. The van der Waals surface area contributed by atoms with Crippen LogP contribution in [0.15, 0.2) is 58.9 Å². The highest BCUT2D eigenvalue weighted by Gasteiger charge is 2.63. The Hall–Kier alpha value is -1.78. The summed E-state index contributed by atoms with van der Waals surface area (Å²) in [6, 6.07) is 6.42. The van der Waals surface area contributed by atoms with Gasteiger partial charge in [-0.25, -0.2) is 0 Å². The molecule has 0 aromatic carbocycles. The number of nitrogens with zero attached hydrogens (tertiary/aromatic N) is 4. The van der Waals surface area contributed by atoms with Crippen molar-refractivity contribution in [3.05, 3.63) is 58.9 Å². The molecule has 61 heavy (non-hydrogen) atoms. The number of likely N-dealkylation sites (tertiary alicyclic amines) is 1. The van der Waals surface area contributed by atoms with Crippen molar-refractivity contribution in [2.45, 2.75) is 215 Å². The smallest absolute Gasteiger partial charge is 0.0692 e. The van der Waals surface area contributed by atoms with Crippen LogP contribution < -0.4 is 5.32 Å². The maximum Gasteiger partial charge on any atom is 0.0692 e. The molecule has 6 heteroatoms. The second kappa shape index (κ2) is 16.3. The van der Waals surface area contributed by atoms with E-state index in [0.29, 0.717) is 72.3 Å². The largest absolute Gasteiger partial charge is 0.367 e. The zero-order valence-corrected chi connectivity index (χ0v) is 39.2. The summed E-state index contributed by atoms with van der Waals surface area (Å²) in [4.78, 5) is 9.49. The van der Waals surface area contributed by atoms with Crippen LogP contribution in [0.3, 0.4) is 0 Å². The monoisotopic (exact) mass is 842 g/mol. The SMILES string of the molecule is CC1=CC2C3CC(C)CC(C)C3N(C3CC(N4C5=C(CCCC5)C5CCCCC54)C(C#N)CC3C3NC(C4C=CCC5SC6CC=CCC6C54)N3C3CCCCC3)C2C(C)=C1. The maximum absolute atomic E-state index is 11.6. The predicted octanol–water partition coefficient (Wildman–Crippen LogP) is 11.8. The van der Waals surface area contributed by atoms with E-state index in [1.165, 1.54) is 128 Å². The Morgan fingerprint density at radius 2 is 1.52 bits per heavy atom. The maximum atomic E-state index is 11.6. The van der Waals surface area contributed by atoms with Crippen LogP contribution in [0.2, 0.25) is 0 Å². The molecule has 3 saturated heterocycles. The van der Waals surface area contributed by atoms with Gasteiger partial charge >= 0.3 is 0 Å². The van der Waals surface area contributed by atoms with Crippen molar-refractivity contribution < 1.29 is 0 Å². The van der Waals surface area contributed by atoms with Crippen LogP contribution >= 0.6 is 11.8 Å². The summed E-state index contributed by atoms with van der Waals surface area (Å²) in [5, 5.41) is 17.8. The van der Waals surface area contributed by atoms with Gasteiger partial charge in [-0.15, -0.1) is 0 Å². The van der Waals surface area contributed by atoms with Gasteiger partial charge in [0, 0.05) is 76.1 Å². The summed E-state index contributed by atoms with van der Waals surface area (Å²) in [5.41, 5.74) is 6.71. The van der Waals surface area contributed by atoms with Gasteiger partial charge in [0.15, 0.2) is 0 Å². The number of nitrogens with one attached hydrogen (secondary N) is 1. The summed E-state index contributed by atoms with van der Waals surface area (Å²) in [7, 11) is 0. The highest BCUT2D eigenvalue weighted by molar-refractivity contribution is 8.00. The van der Waals surface area contributed by atoms with Gasteiger partial charge in [-0.1, -0.05) is 93.6 Å². The van der Waals surface area contributed by atoms with Crippen molar-refractivity contribution in [3.63, 3.8) is 0 Å². The number of thioether (sulfide) groups is 1. The molecule has 1 N–H and O–H groups in total. The average Bonchev–Trinajstić information content (AvgIpc) is 3.92. The fourth-order valence-electron chi connectivity index (χ4n) is 18.3. The fraction of sp³-hybridized carbons (Fsp3) is 0.800. The van der Waals surface area contributed by atoms with Crippen molar-refractivity contribution in [2.24, 2.45) is 59.2 Å². The Bertz CT molecular complexity index is 1880. The summed E-state index contributed by atoms with van der Waals surface area (Å²) >= 11 is 2.36. The molecule has 0 amide bonds. The van der Waals surface area contributed by atoms with E-state index < -0.39 is 0 Å². The lowest BCUT2D eigenvalue weighted by molar-refractivity contribution is -0.155. The molecule has 0 bridgehead atoms. The minimum Gasteiger partial charge on any atom is -0.367 e. The normalized spacial score (nSPS) is 49.8. The Morgan fingerprint density at radius 1 is 0.721 bits per heavy atom. The van der Waals surface area contributed by atoms with Crippen LogP contribution in [0.1, 0.15) is 156 Å². The van der Waals surface area contributed by atoms with Crippen LogP contribution in [0.5, 0.6) is 0 Å². The molecule has 330 valence electrons. The zero-order valence-electron chi connectivity index (χ0n) is 38.4. The third kappa shape index (κ3) is 6.58. The van der Waals surface area contributed by atoms with Crippen LogP contribution in [0.4, 0.5) is 0 Å². The van der Waals surface area contributed by atoms with Gasteiger partial charge in [-0.3, -0.25) is 15.1 Å². The number of rotatable bonds is 5. The fourth-order valence-corrected chi connectivity index (χ4v) is 20.2. The lowest BCUT2D eigenvalue weighted by Crippen LogP contribution is -2.79. The third-order valence-corrected chi connectivity index (χ3v) is 21.9. The van der Waals surface area contributed by atoms with Gasteiger partial charge in [-0.2, -0.15) is 17.0 Å². The lowest BCUT2D eigenvalue weighted by atomic mass is 9.66. The second-order valence-corrected chi connectivity index (χ2v) is 24.9. The summed E-state index contributed by atoms with van der Waals surface area (Å²) in [6.07, 6.45) is 43.0. The van der Waals surface area contributed by atoms with Crippen molar-refractivity contribution in [1.82, 2.24) is 20.0 Å². The zero-order chi connectivity index (χ0) is 41.1. The number of nitriles is 1. The van der Waals surface area contributed by atoms with Crippen molar-refractivity contribution in [3.8, 4) is 6.07 Å². The van der Waals surface area contributed by atoms with Gasteiger partial charge in [0.25, 0.3) is 0 Å². The quantitative estimate of drug-likeness (QED) is 0.278.